The second kappa shape index (κ2) is 4.96. The van der Waals surface area contributed by atoms with Gasteiger partial charge in [0.15, 0.2) is 15.0 Å². The highest BCUT2D eigenvalue weighted by Crippen LogP contribution is 2.41. The zero-order valence-corrected chi connectivity index (χ0v) is 11.1. The van der Waals surface area contributed by atoms with Crippen LogP contribution < -0.4 is 5.32 Å². The Labute approximate surface area is 101 Å². The van der Waals surface area contributed by atoms with E-state index in [1.165, 1.54) is 12.8 Å². The number of nitrogens with one attached hydrogen (secondary N) is 1. The fourth-order valence-corrected chi connectivity index (χ4v) is 3.60. The van der Waals surface area contributed by atoms with E-state index in [0.717, 1.165) is 17.6 Å². The first-order valence-corrected chi connectivity index (χ1v) is 8.46. The van der Waals surface area contributed by atoms with Crippen LogP contribution in [0.15, 0.2) is 4.99 Å². The van der Waals surface area contributed by atoms with Crippen LogP contribution in [0.4, 0.5) is 0 Å². The fraction of sp³-hybridized carbons (Fsp3) is 0.900. The Morgan fingerprint density at radius 1 is 1.50 bits per heavy atom. The smallest absolute Gasteiger partial charge is 0.156 e. The van der Waals surface area contributed by atoms with Gasteiger partial charge in [0.2, 0.25) is 0 Å². The van der Waals surface area contributed by atoms with Gasteiger partial charge in [0.05, 0.1) is 12.3 Å². The van der Waals surface area contributed by atoms with E-state index in [1.807, 2.05) is 0 Å². The standard InChI is InChI=1S/C10H18N2O2S2/c1-2-16(13,14)6-5-11-10-12-7-9(15-10)8-3-4-8/h8-9H,2-7H2,1H3,(H,11,12). The second-order valence-corrected chi connectivity index (χ2v) is 8.00. The largest absolute Gasteiger partial charge is 0.364 e. The highest BCUT2D eigenvalue weighted by atomic mass is 32.2. The normalized spacial score (nSPS) is 25.6. The molecule has 1 saturated carbocycles. The zero-order valence-electron chi connectivity index (χ0n) is 9.48. The molecule has 1 N–H and O–H groups in total. The molecule has 0 aromatic carbocycles. The number of aliphatic imine (C=N–C) groups is 1. The van der Waals surface area contributed by atoms with Gasteiger partial charge in [-0.1, -0.05) is 18.7 Å². The first kappa shape index (κ1) is 12.2. The van der Waals surface area contributed by atoms with Gasteiger partial charge in [-0.2, -0.15) is 0 Å². The molecule has 16 heavy (non-hydrogen) atoms. The number of hydrogen-bond donors (Lipinski definition) is 1. The predicted molar refractivity (Wildman–Crippen MR) is 68.7 cm³/mol. The Bertz CT molecular complexity index is 374. The summed E-state index contributed by atoms with van der Waals surface area (Å²) in [5, 5.41) is 4.70. The molecule has 2 aliphatic rings. The molecule has 1 heterocycles. The maximum absolute atomic E-state index is 11.3. The molecule has 0 amide bonds. The van der Waals surface area contributed by atoms with Crippen molar-refractivity contribution >= 4 is 26.8 Å². The van der Waals surface area contributed by atoms with Crippen molar-refractivity contribution in [2.75, 3.05) is 24.6 Å². The lowest BCUT2D eigenvalue weighted by Gasteiger charge is -2.07. The molecule has 0 aromatic rings. The van der Waals surface area contributed by atoms with Gasteiger partial charge in [-0.05, 0) is 18.8 Å². The van der Waals surface area contributed by atoms with E-state index in [-0.39, 0.29) is 11.5 Å². The van der Waals surface area contributed by atoms with E-state index in [2.05, 4.69) is 10.3 Å². The molecule has 1 unspecified atom stereocenters. The van der Waals surface area contributed by atoms with Crippen molar-refractivity contribution in [3.8, 4) is 0 Å². The highest BCUT2D eigenvalue weighted by Gasteiger charge is 2.35. The van der Waals surface area contributed by atoms with Gasteiger partial charge < -0.3 is 5.32 Å². The highest BCUT2D eigenvalue weighted by molar-refractivity contribution is 8.14. The molecule has 0 aromatic heterocycles. The molecular weight excluding hydrogens is 244 g/mol. The minimum absolute atomic E-state index is 0.206. The van der Waals surface area contributed by atoms with Crippen LogP contribution in [0.1, 0.15) is 19.8 Å². The molecule has 92 valence electrons. The number of hydrogen-bond acceptors (Lipinski definition) is 5. The summed E-state index contributed by atoms with van der Waals surface area (Å²) in [5.41, 5.74) is 0. The SMILES string of the molecule is CCS(=O)(=O)CCNC1=NCC(C2CC2)S1. The van der Waals surface area contributed by atoms with Crippen molar-refractivity contribution in [2.45, 2.75) is 25.0 Å². The van der Waals surface area contributed by atoms with Crippen molar-refractivity contribution in [1.29, 1.82) is 0 Å². The molecule has 2 rings (SSSR count). The van der Waals surface area contributed by atoms with Gasteiger partial charge in [-0.15, -0.1) is 0 Å². The van der Waals surface area contributed by atoms with Crippen LogP contribution in [-0.4, -0.2) is 43.4 Å². The van der Waals surface area contributed by atoms with Crippen LogP contribution in [0.25, 0.3) is 0 Å². The lowest BCUT2D eigenvalue weighted by atomic mass is 10.3. The van der Waals surface area contributed by atoms with Crippen molar-refractivity contribution in [3.05, 3.63) is 0 Å². The van der Waals surface area contributed by atoms with E-state index in [1.54, 1.807) is 18.7 Å². The third kappa shape index (κ3) is 3.38. The van der Waals surface area contributed by atoms with E-state index in [0.29, 0.717) is 11.8 Å². The van der Waals surface area contributed by atoms with E-state index >= 15 is 0 Å². The Morgan fingerprint density at radius 3 is 2.88 bits per heavy atom. The van der Waals surface area contributed by atoms with Crippen LogP contribution >= 0.6 is 11.8 Å². The van der Waals surface area contributed by atoms with Crippen LogP contribution in [0, 0.1) is 5.92 Å². The van der Waals surface area contributed by atoms with Gasteiger partial charge in [-0.25, -0.2) is 8.42 Å². The molecular formula is C10H18N2O2S2. The maximum atomic E-state index is 11.3. The van der Waals surface area contributed by atoms with E-state index < -0.39 is 9.84 Å². The third-order valence-electron chi connectivity index (χ3n) is 2.95. The lowest BCUT2D eigenvalue weighted by molar-refractivity contribution is 0.596. The predicted octanol–water partition coefficient (Wildman–Crippen LogP) is 0.892. The molecule has 0 bridgehead atoms. The lowest BCUT2D eigenvalue weighted by Crippen LogP contribution is -2.27. The maximum Gasteiger partial charge on any atom is 0.156 e. The number of amidine groups is 1. The van der Waals surface area contributed by atoms with E-state index in [9.17, 15) is 8.42 Å². The average molecular weight is 262 g/mol. The molecule has 0 spiro atoms. The summed E-state index contributed by atoms with van der Waals surface area (Å²) in [7, 11) is -2.86. The molecule has 6 heteroatoms. The summed E-state index contributed by atoms with van der Waals surface area (Å²) < 4.78 is 22.5. The Hall–Kier alpha value is -0.230. The topological polar surface area (TPSA) is 58.5 Å². The Kier molecular flexibility index (Phi) is 3.79. The van der Waals surface area contributed by atoms with Gasteiger partial charge >= 0.3 is 0 Å². The minimum atomic E-state index is -2.86. The Morgan fingerprint density at radius 2 is 2.25 bits per heavy atom. The van der Waals surface area contributed by atoms with Crippen LogP contribution in [0.2, 0.25) is 0 Å². The van der Waals surface area contributed by atoms with Gasteiger partial charge in [0.1, 0.15) is 0 Å². The van der Waals surface area contributed by atoms with Crippen LogP contribution in [0.3, 0.4) is 0 Å². The molecule has 1 fully saturated rings. The molecule has 1 atom stereocenters. The monoisotopic (exact) mass is 262 g/mol. The summed E-state index contributed by atoms with van der Waals surface area (Å²) in [6.45, 7) is 3.07. The molecule has 1 aliphatic carbocycles. The fourth-order valence-electron chi connectivity index (χ4n) is 1.66. The number of thioether (sulfide) groups is 1. The van der Waals surface area contributed by atoms with Crippen molar-refractivity contribution < 1.29 is 8.42 Å². The summed E-state index contributed by atoms with van der Waals surface area (Å²) in [4.78, 5) is 4.40. The van der Waals surface area contributed by atoms with Gasteiger partial charge in [0.25, 0.3) is 0 Å². The van der Waals surface area contributed by atoms with Crippen molar-refractivity contribution in [1.82, 2.24) is 5.32 Å². The Balaban J connectivity index is 1.67. The van der Waals surface area contributed by atoms with Crippen molar-refractivity contribution in [3.63, 3.8) is 0 Å². The molecule has 0 radical (unpaired) electrons. The molecule has 0 saturated heterocycles. The van der Waals surface area contributed by atoms with Gasteiger partial charge in [0, 0.05) is 17.5 Å². The number of sulfone groups is 1. The summed E-state index contributed by atoms with van der Waals surface area (Å²) in [6, 6.07) is 0. The van der Waals surface area contributed by atoms with E-state index in [4.69, 9.17) is 0 Å². The summed E-state index contributed by atoms with van der Waals surface area (Å²) in [5.74, 6) is 1.28. The van der Waals surface area contributed by atoms with Crippen molar-refractivity contribution in [2.24, 2.45) is 10.9 Å². The third-order valence-corrected chi connectivity index (χ3v) is 5.99. The number of rotatable bonds is 5. The average Bonchev–Trinajstić information content (AvgIpc) is 3.00. The molecule has 1 aliphatic heterocycles. The zero-order chi connectivity index (χ0) is 11.6. The molecule has 4 nitrogen and oxygen atoms in total. The van der Waals surface area contributed by atoms with Crippen LogP contribution in [0.5, 0.6) is 0 Å². The quantitative estimate of drug-likeness (QED) is 0.799. The first-order valence-electron chi connectivity index (χ1n) is 5.76. The first-order chi connectivity index (χ1) is 7.61. The summed E-state index contributed by atoms with van der Waals surface area (Å²) in [6.07, 6.45) is 2.68. The number of nitrogens with zero attached hydrogens (tertiary/aromatic N) is 1. The van der Waals surface area contributed by atoms with Crippen LogP contribution in [-0.2, 0) is 9.84 Å². The summed E-state index contributed by atoms with van der Waals surface area (Å²) >= 11 is 1.78. The van der Waals surface area contributed by atoms with Gasteiger partial charge in [-0.3, -0.25) is 4.99 Å². The minimum Gasteiger partial charge on any atom is -0.364 e. The second-order valence-electron chi connectivity index (χ2n) is 4.30.